The Morgan fingerprint density at radius 2 is 2.23 bits per heavy atom. The second-order valence-corrected chi connectivity index (χ2v) is 5.92. The zero-order valence-electron chi connectivity index (χ0n) is 11.5. The summed E-state index contributed by atoms with van der Waals surface area (Å²) in [6.45, 7) is 3.13. The maximum Gasteiger partial charge on any atom is 0.351 e. The van der Waals surface area contributed by atoms with Crippen molar-refractivity contribution in [3.63, 3.8) is 0 Å². The summed E-state index contributed by atoms with van der Waals surface area (Å²) in [5, 5.41) is 2.03. The Morgan fingerprint density at radius 1 is 1.55 bits per heavy atom. The Morgan fingerprint density at radius 3 is 2.73 bits per heavy atom. The summed E-state index contributed by atoms with van der Waals surface area (Å²) in [4.78, 5) is 42.6. The van der Waals surface area contributed by atoms with Crippen molar-refractivity contribution in [3.8, 4) is 0 Å². The third kappa shape index (κ3) is 3.62. The van der Waals surface area contributed by atoms with Gasteiger partial charge in [0.2, 0.25) is 5.88 Å². The van der Waals surface area contributed by atoms with Gasteiger partial charge < -0.3 is 25.1 Å². The molecule has 11 heteroatoms. The monoisotopic (exact) mass is 333 g/mol. The molecule has 0 saturated carbocycles. The summed E-state index contributed by atoms with van der Waals surface area (Å²) < 4.78 is 21.0. The molecule has 1 aliphatic rings. The molecule has 0 spiro atoms. The predicted molar refractivity (Wildman–Crippen MR) is 75.5 cm³/mol. The topological polar surface area (TPSA) is 164 Å². The molecule has 1 saturated heterocycles. The molecule has 1 unspecified atom stereocenters. The SMILES string of the molecule is C=CC1(OCP(=O)(O)O)CN(c2ccco2)C(=O)NC1=O.N. The van der Waals surface area contributed by atoms with E-state index in [0.717, 1.165) is 11.0 Å². The molecule has 0 aromatic carbocycles. The minimum absolute atomic E-state index is 0. The lowest BCUT2D eigenvalue weighted by Gasteiger charge is -2.37. The molecule has 3 amide bonds. The zero-order valence-corrected chi connectivity index (χ0v) is 12.4. The van der Waals surface area contributed by atoms with Crippen LogP contribution in [0.1, 0.15) is 0 Å². The van der Waals surface area contributed by atoms with Crippen LogP contribution in [0.2, 0.25) is 0 Å². The predicted octanol–water partition coefficient (Wildman–Crippen LogP) is 0.574. The van der Waals surface area contributed by atoms with Crippen LogP contribution in [0.25, 0.3) is 0 Å². The molecule has 2 heterocycles. The largest absolute Gasteiger partial charge is 0.448 e. The molecule has 0 bridgehead atoms. The number of hydrogen-bond acceptors (Lipinski definition) is 6. The second kappa shape index (κ2) is 6.42. The minimum atomic E-state index is -4.49. The van der Waals surface area contributed by atoms with Crippen molar-refractivity contribution < 1.29 is 33.1 Å². The van der Waals surface area contributed by atoms with Crippen LogP contribution in [-0.4, -0.2) is 40.2 Å². The van der Waals surface area contributed by atoms with Gasteiger partial charge in [0.1, 0.15) is 6.35 Å². The fourth-order valence-corrected chi connectivity index (χ4v) is 2.18. The van der Waals surface area contributed by atoms with E-state index >= 15 is 0 Å². The Hall–Kier alpha value is -1.97. The minimum Gasteiger partial charge on any atom is -0.448 e. The summed E-state index contributed by atoms with van der Waals surface area (Å²) >= 11 is 0. The van der Waals surface area contributed by atoms with Crippen LogP contribution >= 0.6 is 7.60 Å². The molecule has 0 aliphatic carbocycles. The van der Waals surface area contributed by atoms with E-state index in [-0.39, 0.29) is 18.6 Å². The van der Waals surface area contributed by atoms with Gasteiger partial charge in [-0.05, 0) is 12.1 Å². The molecule has 1 atom stereocenters. The van der Waals surface area contributed by atoms with Gasteiger partial charge in [0, 0.05) is 6.07 Å². The second-order valence-electron chi connectivity index (χ2n) is 4.33. The molecular weight excluding hydrogens is 317 g/mol. The van der Waals surface area contributed by atoms with Crippen molar-refractivity contribution >= 4 is 25.4 Å². The molecule has 1 aromatic rings. The number of nitrogens with zero attached hydrogens (tertiary/aromatic N) is 1. The molecular formula is C11H16N3O7P. The third-order valence-electron chi connectivity index (χ3n) is 2.84. The number of imide groups is 1. The summed E-state index contributed by atoms with van der Waals surface area (Å²) in [5.41, 5.74) is -1.78. The number of furan rings is 1. The fourth-order valence-electron chi connectivity index (χ4n) is 1.78. The van der Waals surface area contributed by atoms with Gasteiger partial charge in [0.25, 0.3) is 5.91 Å². The normalized spacial score (nSPS) is 22.0. The highest BCUT2D eigenvalue weighted by atomic mass is 31.2. The quantitative estimate of drug-likeness (QED) is 0.448. The maximum absolute atomic E-state index is 12.0. The molecule has 1 aromatic heterocycles. The standard InChI is InChI=1S/C11H13N2O7P.H3N/c1-2-11(20-7-21(16,17)18)6-13(8-4-3-5-19-8)10(15)12-9(11)14;/h2-5H,1,6-7H2,(H,12,14,15)(H2,16,17,18);1H3. The summed E-state index contributed by atoms with van der Waals surface area (Å²) in [5.74, 6) is -0.690. The Kier molecular flexibility index (Phi) is 5.28. The van der Waals surface area contributed by atoms with E-state index in [4.69, 9.17) is 18.9 Å². The maximum atomic E-state index is 12.0. The number of hydrogen-bond donors (Lipinski definition) is 4. The molecule has 1 fully saturated rings. The van der Waals surface area contributed by atoms with Crippen LogP contribution in [0.3, 0.4) is 0 Å². The number of carbonyl (C=O) groups excluding carboxylic acids is 2. The average molecular weight is 333 g/mol. The highest BCUT2D eigenvalue weighted by molar-refractivity contribution is 7.51. The van der Waals surface area contributed by atoms with Gasteiger partial charge in [0.15, 0.2) is 5.60 Å². The van der Waals surface area contributed by atoms with Gasteiger partial charge in [-0.15, -0.1) is 0 Å². The van der Waals surface area contributed by atoms with Crippen molar-refractivity contribution in [2.45, 2.75) is 5.60 Å². The van der Waals surface area contributed by atoms with Crippen LogP contribution < -0.4 is 16.4 Å². The number of anilines is 1. The van der Waals surface area contributed by atoms with Crippen molar-refractivity contribution in [2.24, 2.45) is 0 Å². The van der Waals surface area contributed by atoms with Crippen molar-refractivity contribution in [1.29, 1.82) is 0 Å². The number of rotatable bonds is 5. The Labute approximate surface area is 125 Å². The van der Waals surface area contributed by atoms with E-state index in [1.165, 1.54) is 12.3 Å². The summed E-state index contributed by atoms with van der Waals surface area (Å²) in [7, 11) is -4.49. The lowest BCUT2D eigenvalue weighted by atomic mass is 10.0. The molecule has 122 valence electrons. The van der Waals surface area contributed by atoms with Gasteiger partial charge in [0.05, 0.1) is 12.8 Å². The Balaban J connectivity index is 0.00000242. The van der Waals surface area contributed by atoms with Gasteiger partial charge in [-0.3, -0.25) is 19.6 Å². The van der Waals surface area contributed by atoms with Crippen LogP contribution in [0.5, 0.6) is 0 Å². The molecule has 22 heavy (non-hydrogen) atoms. The first-order chi connectivity index (χ1) is 9.77. The number of nitrogens with one attached hydrogen (secondary N) is 1. The number of amides is 3. The number of ether oxygens (including phenoxy) is 1. The van der Waals surface area contributed by atoms with Gasteiger partial charge >= 0.3 is 13.6 Å². The highest BCUT2D eigenvalue weighted by Crippen LogP contribution is 2.37. The van der Waals surface area contributed by atoms with E-state index in [2.05, 4.69) is 6.58 Å². The van der Waals surface area contributed by atoms with Crippen LogP contribution in [0.15, 0.2) is 35.5 Å². The fraction of sp³-hybridized carbons (Fsp3) is 0.273. The van der Waals surface area contributed by atoms with Crippen molar-refractivity contribution in [2.75, 3.05) is 17.8 Å². The van der Waals surface area contributed by atoms with E-state index < -0.39 is 31.5 Å². The van der Waals surface area contributed by atoms with E-state index in [0.29, 0.717) is 0 Å². The molecule has 6 N–H and O–H groups in total. The van der Waals surface area contributed by atoms with Crippen molar-refractivity contribution in [3.05, 3.63) is 31.1 Å². The average Bonchev–Trinajstić information content (AvgIpc) is 2.91. The van der Waals surface area contributed by atoms with Crippen LogP contribution in [-0.2, 0) is 14.1 Å². The highest BCUT2D eigenvalue weighted by Gasteiger charge is 2.47. The smallest absolute Gasteiger partial charge is 0.351 e. The van der Waals surface area contributed by atoms with Gasteiger partial charge in [-0.25, -0.2) is 4.79 Å². The first-order valence-corrected chi connectivity index (χ1v) is 7.56. The van der Waals surface area contributed by atoms with E-state index in [9.17, 15) is 14.2 Å². The zero-order chi connectivity index (χ0) is 15.7. The summed E-state index contributed by atoms with van der Waals surface area (Å²) in [6.07, 6.45) is 1.44. The van der Waals surface area contributed by atoms with Crippen LogP contribution in [0, 0.1) is 0 Å². The number of urea groups is 1. The number of carbonyl (C=O) groups is 2. The van der Waals surface area contributed by atoms with Gasteiger partial charge in [-0.2, -0.15) is 0 Å². The van der Waals surface area contributed by atoms with Crippen LogP contribution in [0.4, 0.5) is 10.7 Å². The Bertz CT molecular complexity index is 611. The van der Waals surface area contributed by atoms with Crippen molar-refractivity contribution in [1.82, 2.24) is 11.5 Å². The van der Waals surface area contributed by atoms with E-state index in [1.54, 1.807) is 6.07 Å². The third-order valence-corrected chi connectivity index (χ3v) is 3.30. The van der Waals surface area contributed by atoms with Gasteiger partial charge in [-0.1, -0.05) is 6.58 Å². The first-order valence-electron chi connectivity index (χ1n) is 5.76. The molecule has 2 rings (SSSR count). The lowest BCUT2D eigenvalue weighted by molar-refractivity contribution is -0.138. The summed E-state index contributed by atoms with van der Waals surface area (Å²) in [6, 6.07) is 2.31. The molecule has 10 nitrogen and oxygen atoms in total. The lowest BCUT2D eigenvalue weighted by Crippen LogP contribution is -2.64. The first kappa shape index (κ1) is 18.1. The molecule has 0 radical (unpaired) electrons. The van der Waals surface area contributed by atoms with E-state index in [1.807, 2.05) is 5.32 Å². The molecule has 1 aliphatic heterocycles.